The predicted octanol–water partition coefficient (Wildman–Crippen LogP) is 2.21. The van der Waals surface area contributed by atoms with Crippen LogP contribution in [-0.4, -0.2) is 39.4 Å². The molecule has 2 aromatic carbocycles. The zero-order valence-corrected chi connectivity index (χ0v) is 19.4. The van der Waals surface area contributed by atoms with Crippen LogP contribution in [0.1, 0.15) is 31.2 Å². The number of benzene rings is 2. The average Bonchev–Trinajstić information content (AvgIpc) is 3.26. The molecule has 1 aliphatic carbocycles. The van der Waals surface area contributed by atoms with Crippen LogP contribution in [0.3, 0.4) is 0 Å². The van der Waals surface area contributed by atoms with Gasteiger partial charge >= 0.3 is 5.97 Å². The third-order valence-electron chi connectivity index (χ3n) is 6.35. The van der Waals surface area contributed by atoms with Gasteiger partial charge < -0.3 is 15.0 Å². The first-order valence-electron chi connectivity index (χ1n) is 11.2. The van der Waals surface area contributed by atoms with Crippen LogP contribution in [0.4, 0.5) is 11.4 Å². The summed E-state index contributed by atoms with van der Waals surface area (Å²) in [6.45, 7) is 0.100. The van der Waals surface area contributed by atoms with Crippen molar-refractivity contribution in [3.8, 4) is 0 Å². The summed E-state index contributed by atoms with van der Waals surface area (Å²) < 4.78 is 27.9. The monoisotopic (exact) mass is 485 g/mol. The third-order valence-corrected chi connectivity index (χ3v) is 7.28. The number of ether oxygens (including phenoxy) is 1. The molecule has 1 aliphatic heterocycles. The number of esters is 1. The van der Waals surface area contributed by atoms with Gasteiger partial charge in [0.25, 0.3) is 5.91 Å². The number of nitrogens with one attached hydrogen (secondary N) is 1. The van der Waals surface area contributed by atoms with Crippen LogP contribution in [0.25, 0.3) is 0 Å². The van der Waals surface area contributed by atoms with E-state index in [-0.39, 0.29) is 10.8 Å². The van der Waals surface area contributed by atoms with Gasteiger partial charge in [-0.15, -0.1) is 0 Å². The van der Waals surface area contributed by atoms with Crippen molar-refractivity contribution in [1.82, 2.24) is 0 Å². The van der Waals surface area contributed by atoms with Gasteiger partial charge in [-0.3, -0.25) is 14.4 Å². The normalized spacial score (nSPS) is 19.9. The van der Waals surface area contributed by atoms with E-state index < -0.39 is 40.3 Å². The lowest BCUT2D eigenvalue weighted by molar-refractivity contribution is -0.156. The van der Waals surface area contributed by atoms with E-state index in [4.69, 9.17) is 9.88 Å². The largest absolute Gasteiger partial charge is 0.455 e. The molecule has 0 saturated heterocycles. The Morgan fingerprint density at radius 2 is 1.68 bits per heavy atom. The second kappa shape index (κ2) is 9.94. The maximum atomic E-state index is 13.3. The van der Waals surface area contributed by atoms with Gasteiger partial charge in [0.2, 0.25) is 15.9 Å². The zero-order valence-electron chi connectivity index (χ0n) is 18.6. The Morgan fingerprint density at radius 3 is 2.38 bits per heavy atom. The number of rotatable bonds is 6. The van der Waals surface area contributed by atoms with E-state index in [1.807, 2.05) is 24.3 Å². The molecule has 0 radical (unpaired) electrons. The van der Waals surface area contributed by atoms with Gasteiger partial charge in [0.05, 0.1) is 16.7 Å². The number of amides is 2. The van der Waals surface area contributed by atoms with Gasteiger partial charge in [0.15, 0.2) is 6.61 Å². The molecule has 1 fully saturated rings. The fourth-order valence-electron chi connectivity index (χ4n) is 4.64. The van der Waals surface area contributed by atoms with Crippen LogP contribution in [0.5, 0.6) is 0 Å². The van der Waals surface area contributed by atoms with Crippen LogP contribution in [-0.2, 0) is 35.6 Å². The Morgan fingerprint density at radius 1 is 1.00 bits per heavy atom. The number of hydrogen-bond acceptors (Lipinski definition) is 6. The first-order valence-corrected chi connectivity index (χ1v) is 12.8. The highest BCUT2D eigenvalue weighted by Crippen LogP contribution is 2.36. The lowest BCUT2D eigenvalue weighted by atomic mass is 9.78. The topological polar surface area (TPSA) is 136 Å². The van der Waals surface area contributed by atoms with Crippen LogP contribution < -0.4 is 15.4 Å². The molecule has 0 spiro atoms. The number of para-hydroxylation sites is 1. The smallest absolute Gasteiger partial charge is 0.310 e. The number of hydrogen-bond donors (Lipinski definition) is 2. The van der Waals surface area contributed by atoms with Crippen molar-refractivity contribution in [3.05, 3.63) is 54.1 Å². The van der Waals surface area contributed by atoms with E-state index in [1.54, 1.807) is 4.90 Å². The molecule has 2 aliphatic rings. The lowest BCUT2D eigenvalue weighted by Crippen LogP contribution is -2.42. The van der Waals surface area contributed by atoms with Gasteiger partial charge in [0.1, 0.15) is 0 Å². The van der Waals surface area contributed by atoms with Gasteiger partial charge in [-0.25, -0.2) is 13.6 Å². The number of carbonyl (C=O) groups excluding carboxylic acids is 3. The van der Waals surface area contributed by atoms with Crippen LogP contribution in [0.2, 0.25) is 0 Å². The van der Waals surface area contributed by atoms with Crippen molar-refractivity contribution in [1.29, 1.82) is 0 Å². The van der Waals surface area contributed by atoms with E-state index in [0.29, 0.717) is 25.1 Å². The van der Waals surface area contributed by atoms with Crippen molar-refractivity contribution in [2.24, 2.45) is 17.0 Å². The van der Waals surface area contributed by atoms with Crippen LogP contribution in [0, 0.1) is 11.8 Å². The molecule has 9 nitrogen and oxygen atoms in total. The first-order chi connectivity index (χ1) is 16.2. The van der Waals surface area contributed by atoms with Gasteiger partial charge in [-0.1, -0.05) is 31.0 Å². The van der Waals surface area contributed by atoms with E-state index in [9.17, 15) is 22.8 Å². The number of fused-ring (bicyclic) bond motifs is 1. The van der Waals surface area contributed by atoms with E-state index in [2.05, 4.69) is 5.32 Å². The number of primary sulfonamides is 1. The molecule has 2 amide bonds. The lowest BCUT2D eigenvalue weighted by Gasteiger charge is -2.32. The van der Waals surface area contributed by atoms with Crippen LogP contribution in [0.15, 0.2) is 53.4 Å². The fourth-order valence-corrected chi connectivity index (χ4v) is 5.16. The maximum Gasteiger partial charge on any atom is 0.310 e. The number of carbonyl (C=O) groups is 3. The van der Waals surface area contributed by atoms with E-state index in [1.165, 1.54) is 24.3 Å². The number of nitrogens with two attached hydrogens (primary N) is 1. The molecule has 0 bridgehead atoms. The Balaban J connectivity index is 1.35. The number of sulfonamides is 1. The van der Waals surface area contributed by atoms with E-state index >= 15 is 0 Å². The van der Waals surface area contributed by atoms with Crippen molar-refractivity contribution in [2.75, 3.05) is 23.4 Å². The Labute approximate surface area is 198 Å². The minimum absolute atomic E-state index is 0.0639. The molecule has 4 rings (SSSR count). The summed E-state index contributed by atoms with van der Waals surface area (Å²) in [4.78, 5) is 40.1. The molecular weight excluding hydrogens is 458 g/mol. The van der Waals surface area contributed by atoms with Crippen molar-refractivity contribution >= 4 is 39.2 Å². The molecule has 2 aromatic rings. The number of anilines is 2. The predicted molar refractivity (Wildman–Crippen MR) is 125 cm³/mol. The summed E-state index contributed by atoms with van der Waals surface area (Å²) in [5, 5.41) is 7.60. The third kappa shape index (κ3) is 5.28. The summed E-state index contributed by atoms with van der Waals surface area (Å²) >= 11 is 0. The number of nitrogens with zero attached hydrogens (tertiary/aromatic N) is 1. The second-order valence-electron chi connectivity index (χ2n) is 8.59. The molecule has 10 heteroatoms. The van der Waals surface area contributed by atoms with Crippen molar-refractivity contribution in [3.63, 3.8) is 0 Å². The van der Waals surface area contributed by atoms with Gasteiger partial charge in [-0.2, -0.15) is 0 Å². The first kappa shape index (κ1) is 23.9. The SMILES string of the molecule is NS(=O)(=O)c1ccc(NC(=O)COC(=O)C2CCCCC2C(=O)N2CCc3ccccc32)cc1. The van der Waals surface area contributed by atoms with Crippen LogP contribution >= 0.6 is 0 Å². The molecule has 2 unspecified atom stereocenters. The summed E-state index contributed by atoms with van der Waals surface area (Å²) in [7, 11) is -3.83. The van der Waals surface area contributed by atoms with Gasteiger partial charge in [0, 0.05) is 17.9 Å². The quantitative estimate of drug-likeness (QED) is 0.602. The summed E-state index contributed by atoms with van der Waals surface area (Å²) in [6, 6.07) is 13.1. The van der Waals surface area contributed by atoms with E-state index in [0.717, 1.165) is 30.5 Å². The Kier molecular flexibility index (Phi) is 6.99. The molecule has 0 aromatic heterocycles. The molecule has 34 heavy (non-hydrogen) atoms. The minimum atomic E-state index is -3.83. The molecule has 1 heterocycles. The molecule has 3 N–H and O–H groups in total. The van der Waals surface area contributed by atoms with Crippen molar-refractivity contribution in [2.45, 2.75) is 37.0 Å². The zero-order chi connectivity index (χ0) is 24.3. The van der Waals surface area contributed by atoms with Gasteiger partial charge in [-0.05, 0) is 55.2 Å². The molecule has 1 saturated carbocycles. The molecule has 2 atom stereocenters. The standard InChI is InChI=1S/C24H27N3O6S/c25-34(31,32)18-11-9-17(10-12-18)26-22(28)15-33-24(30)20-7-3-2-6-19(20)23(29)27-14-13-16-5-1-4-8-21(16)27/h1,4-5,8-12,19-20H,2-3,6-7,13-15H2,(H,26,28)(H2,25,31,32). The van der Waals surface area contributed by atoms with Crippen molar-refractivity contribution < 1.29 is 27.5 Å². The highest BCUT2D eigenvalue weighted by atomic mass is 32.2. The highest BCUT2D eigenvalue weighted by Gasteiger charge is 2.40. The molecule has 180 valence electrons. The summed E-state index contributed by atoms with van der Waals surface area (Å²) in [6.07, 6.45) is 3.64. The minimum Gasteiger partial charge on any atom is -0.455 e. The summed E-state index contributed by atoms with van der Waals surface area (Å²) in [5.41, 5.74) is 2.37. The Hall–Kier alpha value is -3.24. The fraction of sp³-hybridized carbons (Fsp3) is 0.375. The molecular formula is C24H27N3O6S. The second-order valence-corrected chi connectivity index (χ2v) is 10.2. The Bertz CT molecular complexity index is 1200. The average molecular weight is 486 g/mol. The highest BCUT2D eigenvalue weighted by molar-refractivity contribution is 7.89. The maximum absolute atomic E-state index is 13.3. The summed E-state index contributed by atoms with van der Waals surface area (Å²) in [5.74, 6) is -2.24.